The van der Waals surface area contributed by atoms with E-state index in [4.69, 9.17) is 30.4 Å². The van der Waals surface area contributed by atoms with E-state index in [1.165, 1.54) is 36.4 Å². The highest BCUT2D eigenvalue weighted by Crippen LogP contribution is 2.37. The predicted octanol–water partition coefficient (Wildman–Crippen LogP) is 8.60. The number of ether oxygens (including phenoxy) is 4. The van der Waals surface area contributed by atoms with Gasteiger partial charge in [0.15, 0.2) is 5.78 Å². The van der Waals surface area contributed by atoms with Crippen LogP contribution in [0.1, 0.15) is 80.4 Å². The minimum Gasteiger partial charge on any atom is -0.493 e. The van der Waals surface area contributed by atoms with Gasteiger partial charge in [0.2, 0.25) is 11.6 Å². The number of rotatable bonds is 19. The summed E-state index contributed by atoms with van der Waals surface area (Å²) in [5.41, 5.74) is 13.7. The van der Waals surface area contributed by atoms with E-state index in [1.54, 1.807) is 48.5 Å². The van der Waals surface area contributed by atoms with Gasteiger partial charge in [-0.1, -0.05) is 42.5 Å². The van der Waals surface area contributed by atoms with Crippen LogP contribution in [0.2, 0.25) is 0 Å². The lowest BCUT2D eigenvalue weighted by molar-refractivity contribution is -0.189. The molecule has 2 aliphatic carbocycles. The normalized spacial score (nSPS) is 20.8. The first-order chi connectivity index (χ1) is 28.8. The number of nitrogen functional groups attached to an aromatic ring is 2. The maximum Gasteiger partial charge on any atom is 0.411 e. The average Bonchev–Trinajstić information content (AvgIpc) is 3.22. The Kier molecular flexibility index (Phi) is 16.4. The summed E-state index contributed by atoms with van der Waals surface area (Å²) in [4.78, 5) is 26.7. The van der Waals surface area contributed by atoms with Gasteiger partial charge in [-0.05, 0) is 128 Å². The molecule has 0 heterocycles. The molecule has 0 bridgehead atoms. The Morgan fingerprint density at radius 2 is 1.10 bits per heavy atom. The number of ketones is 2. The minimum atomic E-state index is -4.35. The predicted molar refractivity (Wildman–Crippen MR) is 217 cm³/mol. The third kappa shape index (κ3) is 15.5. The molecule has 0 amide bonds. The van der Waals surface area contributed by atoms with E-state index < -0.39 is 67.5 Å². The van der Waals surface area contributed by atoms with Crippen LogP contribution in [0.3, 0.4) is 0 Å². The molecule has 0 aliphatic heterocycles. The van der Waals surface area contributed by atoms with Crippen molar-refractivity contribution >= 4 is 35.1 Å². The second-order valence-electron chi connectivity index (χ2n) is 15.8. The zero-order valence-corrected chi connectivity index (χ0v) is 33.5. The molecular formula is C45H52F6N2O8. The number of aliphatic hydroxyl groups is 2. The van der Waals surface area contributed by atoms with Crippen molar-refractivity contribution in [1.82, 2.24) is 0 Å². The molecule has 0 radical (unpaired) electrons. The molecule has 5 rings (SSSR count). The third-order valence-corrected chi connectivity index (χ3v) is 10.9. The van der Waals surface area contributed by atoms with Gasteiger partial charge in [-0.2, -0.15) is 26.3 Å². The first kappa shape index (κ1) is 47.2. The maximum atomic E-state index is 13.4. The van der Waals surface area contributed by atoms with Gasteiger partial charge in [-0.3, -0.25) is 9.59 Å². The largest absolute Gasteiger partial charge is 0.493 e. The van der Waals surface area contributed by atoms with Crippen LogP contribution in [-0.2, 0) is 19.1 Å². The zero-order chi connectivity index (χ0) is 44.2. The lowest BCUT2D eigenvalue weighted by atomic mass is 9.82. The highest BCUT2D eigenvalue weighted by molar-refractivity contribution is 6.01. The van der Waals surface area contributed by atoms with Crippen LogP contribution in [0.15, 0.2) is 78.9 Å². The Balaban J connectivity index is 1.13. The molecule has 3 aromatic rings. The molecule has 2 saturated carbocycles. The summed E-state index contributed by atoms with van der Waals surface area (Å²) in [6.45, 7) is -1.71. The van der Waals surface area contributed by atoms with Crippen LogP contribution in [0.5, 0.6) is 11.5 Å². The number of halogens is 6. The Morgan fingerprint density at radius 3 is 1.52 bits per heavy atom. The molecule has 10 nitrogen and oxygen atoms in total. The van der Waals surface area contributed by atoms with Crippen molar-refractivity contribution in [3.05, 3.63) is 95.6 Å². The van der Waals surface area contributed by atoms with Crippen LogP contribution in [0.25, 0.3) is 12.2 Å². The molecule has 0 spiro atoms. The summed E-state index contributed by atoms with van der Waals surface area (Å²) in [6.07, 6.45) is -0.0211. The second-order valence-corrected chi connectivity index (χ2v) is 15.8. The number of carbonyl (C=O) groups excluding carboxylic acids is 2. The van der Waals surface area contributed by atoms with E-state index in [0.29, 0.717) is 92.9 Å². The number of hydrogen-bond donors (Lipinski definition) is 4. The lowest BCUT2D eigenvalue weighted by Gasteiger charge is -2.30. The summed E-state index contributed by atoms with van der Waals surface area (Å²) in [5.74, 6) is -4.69. The average molecular weight is 863 g/mol. The highest BCUT2D eigenvalue weighted by atomic mass is 19.4. The molecule has 0 aromatic heterocycles. The van der Waals surface area contributed by atoms with Crippen molar-refractivity contribution < 1.29 is 65.1 Å². The van der Waals surface area contributed by atoms with Gasteiger partial charge in [0, 0.05) is 17.8 Å². The molecule has 6 N–H and O–H groups in total. The molecule has 1 atom stereocenters. The van der Waals surface area contributed by atoms with Gasteiger partial charge >= 0.3 is 12.4 Å². The molecule has 332 valence electrons. The van der Waals surface area contributed by atoms with Crippen LogP contribution >= 0.6 is 0 Å². The standard InChI is InChI=1S/C45H52F6N2O8/c46-43(47,48)27-60-37-17-6-31(7-18-37)25-58-35-13-2-29(3-14-35)1-12-34(54)24-40(39-21-11-33(52)23-41(39)53)45(56,57)42(55)22-10-30-4-15-36(16-5-30)59-26-32-8-19-38(20-9-32)61-28-44(49,50)51/h1-5,10-16,21-23,31-32,37-38,40,56-57H,6-9,17-20,24-28,52-53H2/b12-1+,22-10+. The van der Waals surface area contributed by atoms with Crippen LogP contribution in [-0.4, -0.2) is 78.6 Å². The van der Waals surface area contributed by atoms with Crippen molar-refractivity contribution in [2.24, 2.45) is 11.8 Å². The van der Waals surface area contributed by atoms with Crippen LogP contribution < -0.4 is 20.9 Å². The van der Waals surface area contributed by atoms with Crippen LogP contribution in [0, 0.1) is 11.8 Å². The van der Waals surface area contributed by atoms with E-state index in [-0.39, 0.29) is 23.1 Å². The van der Waals surface area contributed by atoms with Crippen molar-refractivity contribution in [2.75, 3.05) is 37.9 Å². The van der Waals surface area contributed by atoms with Gasteiger partial charge in [-0.15, -0.1) is 0 Å². The van der Waals surface area contributed by atoms with Gasteiger partial charge in [0.05, 0.1) is 31.3 Å². The quantitative estimate of drug-likeness (QED) is 0.0397. The maximum absolute atomic E-state index is 13.4. The van der Waals surface area contributed by atoms with Gasteiger partial charge in [-0.25, -0.2) is 0 Å². The van der Waals surface area contributed by atoms with Gasteiger partial charge in [0.1, 0.15) is 24.7 Å². The fraction of sp³-hybridized carbons (Fsp3) is 0.467. The van der Waals surface area contributed by atoms with E-state index in [1.807, 2.05) is 0 Å². The van der Waals surface area contributed by atoms with Crippen molar-refractivity contribution in [3.63, 3.8) is 0 Å². The summed E-state index contributed by atoms with van der Waals surface area (Å²) in [7, 11) is 0. The lowest BCUT2D eigenvalue weighted by Crippen LogP contribution is -2.44. The van der Waals surface area contributed by atoms with E-state index in [9.17, 15) is 46.1 Å². The number of carbonyl (C=O) groups is 2. The molecule has 16 heteroatoms. The molecule has 61 heavy (non-hydrogen) atoms. The Bertz CT molecular complexity index is 1930. The second kappa shape index (κ2) is 21.3. The molecule has 1 unspecified atom stereocenters. The topological polar surface area (TPSA) is 164 Å². The third-order valence-electron chi connectivity index (χ3n) is 10.9. The Labute approximate surface area is 350 Å². The van der Waals surface area contributed by atoms with Crippen molar-refractivity contribution in [2.45, 2.75) is 94.1 Å². The SMILES string of the molecule is Nc1ccc(C(CC(=O)/C=C/c2ccc(OCC3CCC(OCC(F)(F)F)CC3)cc2)C(O)(O)C(=O)/C=C/c2ccc(OCC3CCC(OCC(F)(F)F)CC3)cc2)c(N)c1. The summed E-state index contributed by atoms with van der Waals surface area (Å²) in [6, 6.07) is 17.9. The van der Waals surface area contributed by atoms with Gasteiger partial charge < -0.3 is 40.6 Å². The summed E-state index contributed by atoms with van der Waals surface area (Å²) >= 11 is 0. The monoisotopic (exact) mass is 862 g/mol. The molecular weight excluding hydrogens is 810 g/mol. The molecule has 3 aromatic carbocycles. The van der Waals surface area contributed by atoms with Crippen LogP contribution in [0.4, 0.5) is 37.7 Å². The summed E-state index contributed by atoms with van der Waals surface area (Å²) < 4.78 is 96.5. The molecule has 2 fully saturated rings. The number of hydrogen-bond acceptors (Lipinski definition) is 10. The number of allylic oxidation sites excluding steroid dienone is 1. The van der Waals surface area contributed by atoms with Crippen molar-refractivity contribution in [1.29, 1.82) is 0 Å². The number of alkyl halides is 6. The Hall–Kier alpha value is -4.90. The Morgan fingerprint density at radius 1 is 0.656 bits per heavy atom. The minimum absolute atomic E-state index is 0.0582. The number of anilines is 2. The number of benzene rings is 3. The van der Waals surface area contributed by atoms with Gasteiger partial charge in [0.25, 0.3) is 0 Å². The first-order valence-electron chi connectivity index (χ1n) is 20.2. The van der Waals surface area contributed by atoms with E-state index >= 15 is 0 Å². The smallest absolute Gasteiger partial charge is 0.411 e. The fourth-order valence-electron chi connectivity index (χ4n) is 7.44. The summed E-state index contributed by atoms with van der Waals surface area (Å²) in [5, 5.41) is 22.6. The number of nitrogens with two attached hydrogens (primary N) is 2. The van der Waals surface area contributed by atoms with Crippen molar-refractivity contribution in [3.8, 4) is 11.5 Å². The molecule has 0 saturated heterocycles. The highest BCUT2D eigenvalue weighted by Gasteiger charge is 2.43. The van der Waals surface area contributed by atoms with E-state index in [0.717, 1.165) is 6.08 Å². The zero-order valence-electron chi connectivity index (χ0n) is 33.5. The van der Waals surface area contributed by atoms with E-state index in [2.05, 4.69) is 0 Å². The fourth-order valence-corrected chi connectivity index (χ4v) is 7.44. The molecule has 2 aliphatic rings. The first-order valence-corrected chi connectivity index (χ1v) is 20.2.